The Morgan fingerprint density at radius 1 is 1.19 bits per heavy atom. The number of amides is 1. The molecule has 1 aromatic carbocycles. The van der Waals surface area contributed by atoms with E-state index >= 15 is 0 Å². The van der Waals surface area contributed by atoms with Crippen LogP contribution >= 0.6 is 11.6 Å². The zero-order valence-electron chi connectivity index (χ0n) is 7.86. The standard InChI is InChI=1S/C7H6ClN7O/c8-6-3-1-2-5(4-6)7(16)10-12-14-15-13-11-9/h1-4H,(H2,9,10,13,14,16). The van der Waals surface area contributed by atoms with Gasteiger partial charge in [0, 0.05) is 10.6 Å². The Balaban J connectivity index is 2.66. The molecule has 0 radical (unpaired) electrons. The smallest absolute Gasteiger partial charge is 0.297 e. The highest BCUT2D eigenvalue weighted by molar-refractivity contribution is 6.30. The number of hydrogen-bond donors (Lipinski definition) is 1. The van der Waals surface area contributed by atoms with E-state index in [1.165, 1.54) is 6.07 Å². The second kappa shape index (κ2) is 6.30. The van der Waals surface area contributed by atoms with Crippen LogP contribution in [0.5, 0.6) is 0 Å². The van der Waals surface area contributed by atoms with Gasteiger partial charge in [-0.25, -0.2) is 0 Å². The zero-order chi connectivity index (χ0) is 11.8. The Kier molecular flexibility index (Phi) is 4.67. The first-order valence-corrected chi connectivity index (χ1v) is 4.32. The van der Waals surface area contributed by atoms with Crippen LogP contribution in [0, 0.1) is 0 Å². The van der Waals surface area contributed by atoms with Crippen LogP contribution in [0.25, 0.3) is 0 Å². The van der Waals surface area contributed by atoms with Crippen molar-refractivity contribution in [2.24, 2.45) is 37.1 Å². The fourth-order valence-electron chi connectivity index (χ4n) is 0.799. The molecule has 0 fully saturated rings. The summed E-state index contributed by atoms with van der Waals surface area (Å²) in [6, 6.07) is 6.26. The fraction of sp³-hybridized carbons (Fsp3) is 0. The highest BCUT2D eigenvalue weighted by atomic mass is 35.5. The third kappa shape index (κ3) is 3.88. The molecule has 0 spiro atoms. The molecule has 0 aromatic heterocycles. The van der Waals surface area contributed by atoms with Crippen LogP contribution in [0.1, 0.15) is 10.4 Å². The molecule has 0 saturated carbocycles. The number of benzene rings is 1. The number of rotatable bonds is 3. The third-order valence-electron chi connectivity index (χ3n) is 1.38. The molecular weight excluding hydrogens is 234 g/mol. The Hall–Kier alpha value is -2.22. The number of nitrogens with two attached hydrogens (primary N) is 1. The SMILES string of the molecule is NN=NN=NN=NC(=O)c1cccc(Cl)c1. The maximum atomic E-state index is 11.3. The third-order valence-corrected chi connectivity index (χ3v) is 1.61. The normalized spacial score (nSPS) is 11.8. The lowest BCUT2D eigenvalue weighted by Gasteiger charge is -1.93. The Bertz CT molecular complexity index is 456. The van der Waals surface area contributed by atoms with Gasteiger partial charge >= 0.3 is 0 Å². The maximum Gasteiger partial charge on any atom is 0.297 e. The molecule has 0 aliphatic rings. The number of nitrogens with zero attached hydrogens (tertiary/aromatic N) is 6. The molecule has 0 aliphatic carbocycles. The van der Waals surface area contributed by atoms with Crippen LogP contribution in [0.15, 0.2) is 55.5 Å². The minimum Gasteiger partial charge on any atom is -0.303 e. The van der Waals surface area contributed by atoms with Crippen LogP contribution in [-0.4, -0.2) is 5.91 Å². The number of carbonyl (C=O) groups excluding carboxylic acids is 1. The summed E-state index contributed by atoms with van der Waals surface area (Å²) in [6.45, 7) is 0. The van der Waals surface area contributed by atoms with Crippen molar-refractivity contribution in [1.82, 2.24) is 0 Å². The number of hydrogen-bond acceptors (Lipinski definition) is 2. The van der Waals surface area contributed by atoms with Gasteiger partial charge in [0.2, 0.25) is 0 Å². The molecule has 0 atom stereocenters. The molecule has 9 heteroatoms. The largest absolute Gasteiger partial charge is 0.303 e. The number of halogens is 1. The number of carbonyl (C=O) groups is 1. The summed E-state index contributed by atoms with van der Waals surface area (Å²) in [5.74, 6) is 4.04. The van der Waals surface area contributed by atoms with E-state index in [9.17, 15) is 4.79 Å². The molecule has 8 nitrogen and oxygen atoms in total. The van der Waals surface area contributed by atoms with Gasteiger partial charge in [-0.3, -0.25) is 4.79 Å². The van der Waals surface area contributed by atoms with Gasteiger partial charge in [0.25, 0.3) is 5.91 Å². The van der Waals surface area contributed by atoms with E-state index in [1.54, 1.807) is 18.2 Å². The molecule has 0 unspecified atom stereocenters. The molecule has 0 heterocycles. The first-order valence-electron chi connectivity index (χ1n) is 3.95. The van der Waals surface area contributed by atoms with Crippen molar-refractivity contribution in [3.63, 3.8) is 0 Å². The van der Waals surface area contributed by atoms with Crippen molar-refractivity contribution in [3.05, 3.63) is 34.9 Å². The Morgan fingerprint density at radius 2 is 1.94 bits per heavy atom. The minimum atomic E-state index is -0.592. The van der Waals surface area contributed by atoms with E-state index in [1.807, 2.05) is 0 Å². The van der Waals surface area contributed by atoms with E-state index < -0.39 is 5.91 Å². The minimum absolute atomic E-state index is 0.298. The first-order chi connectivity index (χ1) is 7.74. The second-order valence-electron chi connectivity index (χ2n) is 2.39. The van der Waals surface area contributed by atoms with Gasteiger partial charge in [-0.2, -0.15) is 0 Å². The van der Waals surface area contributed by atoms with E-state index in [2.05, 4.69) is 37.1 Å². The molecular formula is C7H6ClN7O. The zero-order valence-corrected chi connectivity index (χ0v) is 8.61. The van der Waals surface area contributed by atoms with E-state index in [4.69, 9.17) is 11.6 Å². The van der Waals surface area contributed by atoms with Crippen LogP contribution in [0.2, 0.25) is 5.02 Å². The van der Waals surface area contributed by atoms with Crippen molar-refractivity contribution in [2.45, 2.75) is 0 Å². The lowest BCUT2D eigenvalue weighted by molar-refractivity contribution is 0.0993. The molecule has 2 N–H and O–H groups in total. The summed E-state index contributed by atoms with van der Waals surface area (Å²) in [6.07, 6.45) is 0. The molecule has 0 aliphatic heterocycles. The topological polar surface area (TPSA) is 117 Å². The lowest BCUT2D eigenvalue weighted by Crippen LogP contribution is -1.92. The van der Waals surface area contributed by atoms with E-state index in [0.29, 0.717) is 10.6 Å². The van der Waals surface area contributed by atoms with Crippen molar-refractivity contribution in [1.29, 1.82) is 0 Å². The van der Waals surface area contributed by atoms with Crippen LogP contribution in [-0.2, 0) is 0 Å². The first kappa shape index (κ1) is 11.9. The van der Waals surface area contributed by atoms with Crippen molar-refractivity contribution >= 4 is 17.5 Å². The predicted octanol–water partition coefficient (Wildman–Crippen LogP) is 2.54. The average Bonchev–Trinajstić information content (AvgIpc) is 2.28. The maximum absolute atomic E-state index is 11.3. The fourth-order valence-corrected chi connectivity index (χ4v) is 0.989. The molecule has 1 amide bonds. The molecule has 16 heavy (non-hydrogen) atoms. The summed E-state index contributed by atoms with van der Waals surface area (Å²) >= 11 is 5.68. The van der Waals surface area contributed by atoms with Gasteiger partial charge in [0.05, 0.1) is 0 Å². The van der Waals surface area contributed by atoms with Gasteiger partial charge in [-0.05, 0) is 39.1 Å². The second-order valence-corrected chi connectivity index (χ2v) is 2.83. The summed E-state index contributed by atoms with van der Waals surface area (Å²) in [5.41, 5.74) is 0.298. The molecule has 0 saturated heterocycles. The van der Waals surface area contributed by atoms with Crippen molar-refractivity contribution < 1.29 is 4.79 Å². The Morgan fingerprint density at radius 3 is 2.62 bits per heavy atom. The molecule has 1 aromatic rings. The van der Waals surface area contributed by atoms with Gasteiger partial charge < -0.3 is 5.84 Å². The summed E-state index contributed by atoms with van der Waals surface area (Å²) < 4.78 is 0. The van der Waals surface area contributed by atoms with Crippen LogP contribution in [0.3, 0.4) is 0 Å². The Labute approximate surface area is 94.9 Å². The van der Waals surface area contributed by atoms with Crippen LogP contribution < -0.4 is 5.84 Å². The van der Waals surface area contributed by atoms with Gasteiger partial charge in [0.1, 0.15) is 0 Å². The van der Waals surface area contributed by atoms with Crippen molar-refractivity contribution in [2.75, 3.05) is 0 Å². The predicted molar refractivity (Wildman–Crippen MR) is 54.5 cm³/mol. The summed E-state index contributed by atoms with van der Waals surface area (Å²) in [7, 11) is 0. The van der Waals surface area contributed by atoms with Gasteiger partial charge in [-0.1, -0.05) is 28.0 Å². The monoisotopic (exact) mass is 239 g/mol. The molecule has 1 rings (SSSR count). The quantitative estimate of drug-likeness (QED) is 0.495. The van der Waals surface area contributed by atoms with E-state index in [0.717, 1.165) is 0 Å². The highest BCUT2D eigenvalue weighted by Gasteiger charge is 2.03. The lowest BCUT2D eigenvalue weighted by atomic mass is 10.2. The van der Waals surface area contributed by atoms with Crippen molar-refractivity contribution in [3.8, 4) is 0 Å². The molecule has 0 bridgehead atoms. The average molecular weight is 240 g/mol. The molecule has 82 valence electrons. The van der Waals surface area contributed by atoms with Gasteiger partial charge in [0.15, 0.2) is 0 Å². The van der Waals surface area contributed by atoms with Gasteiger partial charge in [-0.15, -0.1) is 0 Å². The summed E-state index contributed by atoms with van der Waals surface area (Å²) in [4.78, 5) is 11.3. The van der Waals surface area contributed by atoms with Crippen LogP contribution in [0.4, 0.5) is 0 Å². The highest BCUT2D eigenvalue weighted by Crippen LogP contribution is 2.11. The summed E-state index contributed by atoms with van der Waals surface area (Å²) in [5, 5.41) is 18.5. The van der Waals surface area contributed by atoms with E-state index in [-0.39, 0.29) is 0 Å².